The summed E-state index contributed by atoms with van der Waals surface area (Å²) in [6.07, 6.45) is 4.05. The molecular formula is C24H31N3O2. The van der Waals surface area contributed by atoms with Crippen LogP contribution in [-0.4, -0.2) is 28.6 Å². The van der Waals surface area contributed by atoms with Crippen molar-refractivity contribution in [1.29, 1.82) is 0 Å². The minimum Gasteiger partial charge on any atom is -0.484 e. The van der Waals surface area contributed by atoms with Crippen molar-refractivity contribution in [3.8, 4) is 5.75 Å². The molecule has 0 aliphatic carbocycles. The molecule has 0 spiro atoms. The Labute approximate surface area is 173 Å². The molecule has 0 aliphatic heterocycles. The molecule has 5 nitrogen and oxygen atoms in total. The summed E-state index contributed by atoms with van der Waals surface area (Å²) in [6, 6.07) is 17.8. The van der Waals surface area contributed by atoms with Gasteiger partial charge in [0.2, 0.25) is 0 Å². The zero-order chi connectivity index (χ0) is 20.5. The second-order valence-electron chi connectivity index (χ2n) is 7.78. The van der Waals surface area contributed by atoms with Crippen molar-refractivity contribution in [2.45, 2.75) is 46.1 Å². The lowest BCUT2D eigenvalue weighted by Crippen LogP contribution is -2.29. The second kappa shape index (κ2) is 10.6. The number of nitrogens with zero attached hydrogens (tertiary/aromatic N) is 2. The number of carbonyl (C=O) groups excluding carboxylic acids is 1. The third-order valence-electron chi connectivity index (χ3n) is 4.79. The van der Waals surface area contributed by atoms with E-state index < -0.39 is 0 Å². The van der Waals surface area contributed by atoms with Gasteiger partial charge in [-0.25, -0.2) is 4.98 Å². The first-order valence-corrected chi connectivity index (χ1v) is 10.5. The molecule has 0 saturated heterocycles. The SMILES string of the molecule is CC(C)Cn1c(CCCCCNC(=O)COc2ccccc2)nc2ccccc21. The number of rotatable bonds is 11. The molecule has 1 N–H and O–H groups in total. The fraction of sp³-hybridized carbons (Fsp3) is 0.417. The van der Waals surface area contributed by atoms with Gasteiger partial charge in [-0.2, -0.15) is 0 Å². The summed E-state index contributed by atoms with van der Waals surface area (Å²) in [5.74, 6) is 2.39. The van der Waals surface area contributed by atoms with Gasteiger partial charge in [0.25, 0.3) is 5.91 Å². The van der Waals surface area contributed by atoms with Crippen molar-refractivity contribution in [1.82, 2.24) is 14.9 Å². The standard InChI is InChI=1S/C24H31N3O2/c1-19(2)17-27-22-14-9-8-13-21(22)26-23(27)15-7-4-10-16-25-24(28)18-29-20-11-5-3-6-12-20/h3,5-6,8-9,11-14,19H,4,7,10,15-18H2,1-2H3,(H,25,28). The van der Waals surface area contributed by atoms with Gasteiger partial charge < -0.3 is 14.6 Å². The molecule has 3 aromatic rings. The quantitative estimate of drug-likeness (QED) is 0.484. The van der Waals surface area contributed by atoms with Gasteiger partial charge in [0.15, 0.2) is 6.61 Å². The highest BCUT2D eigenvalue weighted by Gasteiger charge is 2.11. The highest BCUT2D eigenvalue weighted by Crippen LogP contribution is 2.19. The summed E-state index contributed by atoms with van der Waals surface area (Å²) in [4.78, 5) is 16.7. The van der Waals surface area contributed by atoms with Crippen LogP contribution in [0.5, 0.6) is 5.75 Å². The van der Waals surface area contributed by atoms with E-state index in [0.29, 0.717) is 18.2 Å². The van der Waals surface area contributed by atoms with Gasteiger partial charge in [0.05, 0.1) is 11.0 Å². The number of carbonyl (C=O) groups is 1. The molecule has 1 heterocycles. The minimum absolute atomic E-state index is 0.0588. The van der Waals surface area contributed by atoms with Gasteiger partial charge >= 0.3 is 0 Å². The summed E-state index contributed by atoms with van der Waals surface area (Å²) in [5.41, 5.74) is 2.30. The summed E-state index contributed by atoms with van der Waals surface area (Å²) in [7, 11) is 0. The van der Waals surface area contributed by atoms with Crippen LogP contribution in [-0.2, 0) is 17.8 Å². The Morgan fingerprint density at radius 3 is 2.59 bits per heavy atom. The number of nitrogens with one attached hydrogen (secondary N) is 1. The van der Waals surface area contributed by atoms with Crippen molar-refractivity contribution in [2.24, 2.45) is 5.92 Å². The lowest BCUT2D eigenvalue weighted by atomic mass is 10.1. The number of amides is 1. The van der Waals surface area contributed by atoms with Crippen LogP contribution in [0.25, 0.3) is 11.0 Å². The van der Waals surface area contributed by atoms with Crippen molar-refractivity contribution < 1.29 is 9.53 Å². The van der Waals surface area contributed by atoms with Crippen molar-refractivity contribution >= 4 is 16.9 Å². The molecule has 0 fully saturated rings. The molecule has 1 aromatic heterocycles. The smallest absolute Gasteiger partial charge is 0.257 e. The molecule has 0 saturated carbocycles. The van der Waals surface area contributed by atoms with Gasteiger partial charge in [-0.3, -0.25) is 4.79 Å². The molecule has 1 amide bonds. The number of aromatic nitrogens is 2. The normalized spacial score (nSPS) is 11.1. The maximum absolute atomic E-state index is 11.9. The molecule has 5 heteroatoms. The van der Waals surface area contributed by atoms with E-state index in [4.69, 9.17) is 9.72 Å². The van der Waals surface area contributed by atoms with Crippen LogP contribution in [0, 0.1) is 5.92 Å². The zero-order valence-corrected chi connectivity index (χ0v) is 17.4. The first kappa shape index (κ1) is 20.9. The van der Waals surface area contributed by atoms with Crippen molar-refractivity contribution in [3.63, 3.8) is 0 Å². The van der Waals surface area contributed by atoms with Crippen LogP contribution in [0.15, 0.2) is 54.6 Å². The lowest BCUT2D eigenvalue weighted by molar-refractivity contribution is -0.123. The summed E-state index contributed by atoms with van der Waals surface area (Å²) >= 11 is 0. The van der Waals surface area contributed by atoms with E-state index >= 15 is 0 Å². The monoisotopic (exact) mass is 393 g/mol. The van der Waals surface area contributed by atoms with Crippen LogP contribution in [0.4, 0.5) is 0 Å². The first-order chi connectivity index (χ1) is 14.1. The van der Waals surface area contributed by atoms with Gasteiger partial charge in [-0.15, -0.1) is 0 Å². The first-order valence-electron chi connectivity index (χ1n) is 10.5. The topological polar surface area (TPSA) is 56.2 Å². The number of fused-ring (bicyclic) bond motifs is 1. The molecular weight excluding hydrogens is 362 g/mol. The maximum atomic E-state index is 11.9. The molecule has 0 atom stereocenters. The summed E-state index contributed by atoms with van der Waals surface area (Å²) in [5, 5.41) is 2.93. The largest absolute Gasteiger partial charge is 0.484 e. The molecule has 2 aromatic carbocycles. The van der Waals surface area contributed by atoms with Crippen LogP contribution >= 0.6 is 0 Å². The third-order valence-corrected chi connectivity index (χ3v) is 4.79. The predicted molar refractivity (Wildman–Crippen MR) is 117 cm³/mol. The number of ether oxygens (including phenoxy) is 1. The number of para-hydroxylation sites is 3. The van der Waals surface area contributed by atoms with E-state index in [2.05, 4.69) is 41.9 Å². The highest BCUT2D eigenvalue weighted by atomic mass is 16.5. The molecule has 0 radical (unpaired) electrons. The van der Waals surface area contributed by atoms with E-state index in [1.165, 1.54) is 11.3 Å². The zero-order valence-electron chi connectivity index (χ0n) is 17.4. The number of hydrogen-bond acceptors (Lipinski definition) is 3. The molecule has 154 valence electrons. The summed E-state index contributed by atoms with van der Waals surface area (Å²) in [6.45, 7) is 6.21. The number of benzene rings is 2. The Kier molecular flexibility index (Phi) is 7.68. The van der Waals surface area contributed by atoms with E-state index in [9.17, 15) is 4.79 Å². The Balaban J connectivity index is 1.38. The van der Waals surface area contributed by atoms with Crippen molar-refractivity contribution in [3.05, 3.63) is 60.4 Å². The maximum Gasteiger partial charge on any atom is 0.257 e. The van der Waals surface area contributed by atoms with Crippen LogP contribution in [0.1, 0.15) is 38.9 Å². The lowest BCUT2D eigenvalue weighted by Gasteiger charge is -2.12. The fourth-order valence-corrected chi connectivity index (χ4v) is 3.41. The van der Waals surface area contributed by atoms with E-state index in [1.807, 2.05) is 36.4 Å². The predicted octanol–water partition coefficient (Wildman–Crippen LogP) is 4.60. The molecule has 0 bridgehead atoms. The number of unbranched alkanes of at least 4 members (excludes halogenated alkanes) is 2. The van der Waals surface area contributed by atoms with E-state index in [-0.39, 0.29) is 12.5 Å². The molecule has 3 rings (SSSR count). The fourth-order valence-electron chi connectivity index (χ4n) is 3.41. The van der Waals surface area contributed by atoms with Crippen LogP contribution < -0.4 is 10.1 Å². The molecule has 0 aliphatic rings. The van der Waals surface area contributed by atoms with Gasteiger partial charge in [0.1, 0.15) is 11.6 Å². The molecule has 0 unspecified atom stereocenters. The number of imidazole rings is 1. The van der Waals surface area contributed by atoms with Crippen LogP contribution in [0.2, 0.25) is 0 Å². The second-order valence-corrected chi connectivity index (χ2v) is 7.78. The number of hydrogen-bond donors (Lipinski definition) is 1. The average molecular weight is 394 g/mol. The Bertz CT molecular complexity index is 903. The van der Waals surface area contributed by atoms with Crippen molar-refractivity contribution in [2.75, 3.05) is 13.2 Å². The highest BCUT2D eigenvalue weighted by molar-refractivity contribution is 5.77. The minimum atomic E-state index is -0.0763. The third kappa shape index (κ3) is 6.34. The van der Waals surface area contributed by atoms with Gasteiger partial charge in [0, 0.05) is 19.5 Å². The molecule has 29 heavy (non-hydrogen) atoms. The average Bonchev–Trinajstić information content (AvgIpc) is 3.06. The Morgan fingerprint density at radius 2 is 1.79 bits per heavy atom. The van der Waals surface area contributed by atoms with Gasteiger partial charge in [-0.1, -0.05) is 50.6 Å². The Hall–Kier alpha value is -2.82. The van der Waals surface area contributed by atoms with Crippen LogP contribution in [0.3, 0.4) is 0 Å². The van der Waals surface area contributed by atoms with E-state index in [0.717, 1.165) is 37.7 Å². The van der Waals surface area contributed by atoms with Gasteiger partial charge in [-0.05, 0) is 43.0 Å². The summed E-state index contributed by atoms with van der Waals surface area (Å²) < 4.78 is 7.82. The van der Waals surface area contributed by atoms with E-state index in [1.54, 1.807) is 0 Å². The Morgan fingerprint density at radius 1 is 1.03 bits per heavy atom. The number of aryl methyl sites for hydroxylation is 1.